The highest BCUT2D eigenvalue weighted by atomic mass is 36.0. The average Bonchev–Trinajstić information content (AvgIpc) is 1.74. The van der Waals surface area contributed by atoms with Gasteiger partial charge in [-0.25, -0.2) is 39.5 Å². The Morgan fingerprint density at radius 2 is 1.03 bits per heavy atom. The predicted molar refractivity (Wildman–Crippen MR) is 417 cm³/mol. The maximum atomic E-state index is 12.2. The first-order valence-corrected chi connectivity index (χ1v) is 38.5. The summed E-state index contributed by atoms with van der Waals surface area (Å²) in [6, 6.07) is 19.8. The number of hydrogen-bond donors (Lipinski definition) is 7. The molecule has 2 aromatic carbocycles. The second-order valence-electron chi connectivity index (χ2n) is 25.5. The molecular formula is C70H87Cl8N16O12P. The molecule has 0 radical (unpaired) electrons. The summed E-state index contributed by atoms with van der Waals surface area (Å²) >= 11 is 43.0. The van der Waals surface area contributed by atoms with Crippen LogP contribution in [0, 0.1) is 39.0 Å². The minimum atomic E-state index is -3.22. The summed E-state index contributed by atoms with van der Waals surface area (Å²) in [5.41, 5.74) is 11.1. The lowest BCUT2D eigenvalue weighted by atomic mass is 10.0. The summed E-state index contributed by atoms with van der Waals surface area (Å²) in [6.07, 6.45) is 0.409. The van der Waals surface area contributed by atoms with E-state index in [1.807, 2.05) is 124 Å². The second-order valence-corrected chi connectivity index (χ2v) is 33.9. The fraction of sp³-hybridized carbons (Fsp3) is 0.400. The van der Waals surface area contributed by atoms with Crippen molar-refractivity contribution in [1.82, 2.24) is 71.3 Å². The zero-order valence-corrected chi connectivity index (χ0v) is 69.3. The molecule has 7 heterocycles. The Bertz CT molecular complexity index is 4390. The van der Waals surface area contributed by atoms with Crippen molar-refractivity contribution in [1.29, 1.82) is 5.26 Å². The molecule has 8 amide bonds. The molecule has 580 valence electrons. The third kappa shape index (κ3) is 35.6. The molecule has 6 aromatic rings. The van der Waals surface area contributed by atoms with Gasteiger partial charge in [0.1, 0.15) is 33.6 Å². The first-order chi connectivity index (χ1) is 49.6. The van der Waals surface area contributed by atoms with Gasteiger partial charge in [0, 0.05) is 95.7 Å². The van der Waals surface area contributed by atoms with Crippen LogP contribution in [0.3, 0.4) is 0 Å². The quantitative estimate of drug-likeness (QED) is 0.0197. The number of aryl methyl sites for hydroxylation is 1. The van der Waals surface area contributed by atoms with E-state index in [1.54, 1.807) is 48.8 Å². The summed E-state index contributed by atoms with van der Waals surface area (Å²) in [7, 11) is 6.92. The van der Waals surface area contributed by atoms with E-state index in [0.717, 1.165) is 55.7 Å². The Morgan fingerprint density at radius 3 is 1.50 bits per heavy atom. The lowest BCUT2D eigenvalue weighted by molar-refractivity contribution is -0.130. The van der Waals surface area contributed by atoms with Gasteiger partial charge in [-0.3, -0.25) is 54.1 Å². The molecule has 3 aliphatic heterocycles. The third-order valence-corrected chi connectivity index (χ3v) is 15.6. The monoisotopic (exact) mass is 1650 g/mol. The number of amides is 8. The Morgan fingerprint density at radius 1 is 0.589 bits per heavy atom. The van der Waals surface area contributed by atoms with Crippen molar-refractivity contribution in [3.8, 4) is 6.07 Å². The zero-order valence-electron chi connectivity index (χ0n) is 62.3. The summed E-state index contributed by atoms with van der Waals surface area (Å²) in [6.45, 7) is 27.6. The van der Waals surface area contributed by atoms with Gasteiger partial charge in [-0.1, -0.05) is 65.2 Å². The highest BCUT2D eigenvalue weighted by Gasteiger charge is 2.26. The molecule has 0 spiro atoms. The molecule has 28 nitrogen and oxygen atoms in total. The number of nitrogens with zero attached hydrogens (tertiary/aromatic N) is 9. The van der Waals surface area contributed by atoms with E-state index in [1.165, 1.54) is 16.7 Å². The highest BCUT2D eigenvalue weighted by molar-refractivity contribution is 8.24. The maximum absolute atomic E-state index is 12.2. The first kappa shape index (κ1) is 94.9. The number of ether oxygens (including phenoxy) is 2. The van der Waals surface area contributed by atoms with E-state index in [2.05, 4.69) is 107 Å². The van der Waals surface area contributed by atoms with Crippen molar-refractivity contribution >= 4 is 168 Å². The van der Waals surface area contributed by atoms with Crippen LogP contribution in [0.5, 0.6) is 0 Å². The van der Waals surface area contributed by atoms with Gasteiger partial charge in [-0.15, -0.1) is 0 Å². The number of anilines is 1. The Kier molecular flexibility index (Phi) is 39.9. The van der Waals surface area contributed by atoms with Gasteiger partial charge >= 0.3 is 17.4 Å². The molecule has 9 rings (SSSR count). The SMILES string of the molecule is CC1=C(C)C(=O)NC(=O)C1.CC1=C(C=O)CC(=O)NC1=O.CNCC1=C(C)C(=O)NC(=O)C1.CNCc1nc(Cl)nc(Cl)c1C.Cc1c(CN(C)C(=O)OC(C)(C)C)nc(Cl)nc1NCc1ccccc1.Cc1c(Cl)nc(Cl)nc1CN(C)C(=O)OC(C)(C)C.Cc1cc2c(C#N)cccc2[nH]1.O=P(Cl)(Cl)Cl. The van der Waals surface area contributed by atoms with Crippen molar-refractivity contribution in [2.45, 2.75) is 154 Å². The number of aldehydes is 1. The molecule has 4 aromatic heterocycles. The van der Waals surface area contributed by atoms with Crippen LogP contribution >= 0.6 is 96.9 Å². The molecule has 0 atom stereocenters. The number of imide groups is 3. The number of carbonyl (C=O) groups excluding carboxylic acids is 9. The van der Waals surface area contributed by atoms with Crippen LogP contribution in [0.4, 0.5) is 15.4 Å². The smallest absolute Gasteiger partial charge is 0.410 e. The third-order valence-electron chi connectivity index (χ3n) is 14.4. The number of carbonyl (C=O) groups is 9. The number of halogens is 8. The number of benzene rings is 2. The number of hydrogen-bond acceptors (Lipinski definition) is 22. The van der Waals surface area contributed by atoms with E-state index < -0.39 is 40.4 Å². The zero-order chi connectivity index (χ0) is 81.6. The van der Waals surface area contributed by atoms with Gasteiger partial charge < -0.3 is 40.2 Å². The van der Waals surface area contributed by atoms with Gasteiger partial charge in [0.25, 0.3) is 17.7 Å². The standard InChI is InChI=1S/C19H25ClN4O2.C12H17Cl2N3O2.C10H8N2.C8H12N2O2.C7H9Cl2N3.C7H7NO3.C7H9NO2.Cl3OP/c1-13-15(12-24(5)18(25)26-19(2,3)4)22-17(20)23-16(13)21-11-14-9-7-6-8-10-14;1-7-8(15-10(14)16-9(7)13)6-17(5)11(18)19-12(2,3)4;1-7-5-9-8(6-11)3-2-4-10(9)12-7;1-5-6(4-9-2)3-7(11)10-8(5)12;1-4-5(3-10-2)11-7(9)12-6(4)8;1-4-5(3-9)2-6(10)8-7(4)11;1-4-3-6(9)8-7(10)5(4)2;1-5(2,3)4/h6-10H,11-12H2,1-5H3,(H,21,22,23);6H2,1-5H3;2-5,12H,1H3;9H,3-4H2,1-2H3,(H,10,11,12);10H,3H2,1-2H3;3H,2H2,1H3,(H,8,10,11);3H2,1-2H3,(H,8,9,10);. The number of nitrogens with one attached hydrogen (secondary N) is 7. The molecule has 0 bridgehead atoms. The van der Waals surface area contributed by atoms with Crippen molar-refractivity contribution < 1.29 is 57.2 Å². The lowest BCUT2D eigenvalue weighted by Crippen LogP contribution is -2.37. The number of rotatable bonds is 12. The molecule has 0 unspecified atom stereocenters. The summed E-state index contributed by atoms with van der Waals surface area (Å²) < 4.78 is 20.1. The lowest BCUT2D eigenvalue weighted by Gasteiger charge is -2.25. The minimum Gasteiger partial charge on any atom is -0.444 e. The number of aromatic nitrogens is 7. The number of fused-ring (bicyclic) bond motifs is 1. The van der Waals surface area contributed by atoms with Gasteiger partial charge in [0.15, 0.2) is 0 Å². The number of aromatic amines is 1. The van der Waals surface area contributed by atoms with E-state index in [-0.39, 0.29) is 69.7 Å². The van der Waals surface area contributed by atoms with Crippen molar-refractivity contribution in [2.24, 2.45) is 0 Å². The normalized spacial score (nSPS) is 13.3. The second kappa shape index (κ2) is 45.0. The van der Waals surface area contributed by atoms with Crippen LogP contribution < -0.4 is 31.9 Å². The van der Waals surface area contributed by atoms with E-state index in [4.69, 9.17) is 72.7 Å². The number of likely N-dealkylation sites (N-methyl/N-ethyl adjacent to an activating group) is 1. The van der Waals surface area contributed by atoms with Gasteiger partial charge in [-0.2, -0.15) is 5.26 Å². The number of H-pyrrole nitrogens is 1. The summed E-state index contributed by atoms with van der Waals surface area (Å²) in [4.78, 5) is 130. The molecule has 7 N–H and O–H groups in total. The average molecular weight is 1660 g/mol. The van der Waals surface area contributed by atoms with E-state index >= 15 is 0 Å². The van der Waals surface area contributed by atoms with Crippen LogP contribution in [-0.2, 0) is 73.8 Å². The van der Waals surface area contributed by atoms with Crippen LogP contribution in [0.15, 0.2) is 88.0 Å². The van der Waals surface area contributed by atoms with Crippen LogP contribution in [0.25, 0.3) is 10.9 Å². The molecular weight excluding hydrogens is 1570 g/mol. The van der Waals surface area contributed by atoms with Crippen LogP contribution in [0.2, 0.25) is 26.2 Å². The predicted octanol–water partition coefficient (Wildman–Crippen LogP) is 14.3. The summed E-state index contributed by atoms with van der Waals surface area (Å²) in [5, 5.41) is 23.4. The molecule has 3 aliphatic rings. The van der Waals surface area contributed by atoms with Gasteiger partial charge in [-0.05, 0) is 209 Å². The van der Waals surface area contributed by atoms with Crippen molar-refractivity contribution in [3.63, 3.8) is 0 Å². The van der Waals surface area contributed by atoms with Crippen molar-refractivity contribution in [2.75, 3.05) is 40.1 Å². The Hall–Kier alpha value is -8.17. The Balaban J connectivity index is 0.000000430. The van der Waals surface area contributed by atoms with E-state index in [0.29, 0.717) is 83.4 Å². The van der Waals surface area contributed by atoms with Crippen molar-refractivity contribution in [3.05, 3.63) is 165 Å². The number of nitriles is 1. The molecule has 37 heteroatoms. The minimum absolute atomic E-state index is 0.0150. The van der Waals surface area contributed by atoms with Gasteiger partial charge in [0.05, 0.1) is 54.6 Å². The first-order valence-electron chi connectivity index (χ1n) is 32.2. The van der Waals surface area contributed by atoms with E-state index in [9.17, 15) is 47.7 Å². The fourth-order valence-electron chi connectivity index (χ4n) is 8.63. The molecule has 0 saturated heterocycles. The van der Waals surface area contributed by atoms with Crippen LogP contribution in [-0.4, -0.2) is 145 Å². The largest absolute Gasteiger partial charge is 0.444 e. The summed E-state index contributed by atoms with van der Waals surface area (Å²) in [5.74, 6) is -1.17. The van der Waals surface area contributed by atoms with Gasteiger partial charge in [0.2, 0.25) is 33.6 Å². The molecule has 0 aliphatic carbocycles. The molecule has 0 saturated carbocycles. The highest BCUT2D eigenvalue weighted by Crippen LogP contribution is 2.61. The Labute approximate surface area is 661 Å². The fourth-order valence-corrected chi connectivity index (χ4v) is 9.65. The molecule has 0 fully saturated rings. The maximum Gasteiger partial charge on any atom is 0.410 e. The topological polar surface area (TPSA) is 385 Å². The molecule has 107 heavy (non-hydrogen) atoms. The van der Waals surface area contributed by atoms with Crippen LogP contribution in [0.1, 0.15) is 139 Å².